The Morgan fingerprint density at radius 1 is 1.07 bits per heavy atom. The highest BCUT2D eigenvalue weighted by atomic mass is 32.2. The van der Waals surface area contributed by atoms with E-state index in [2.05, 4.69) is 0 Å². The standard InChI is InChI=1S/C6H6O3S.C3H9N.H3N/c7-10(8,9)6-4-2-1-3-5-6;1-4(2)3;/h1-5H,(H,7,8,9);1-3H3;1H3. The van der Waals surface area contributed by atoms with Crippen LogP contribution in [0.4, 0.5) is 0 Å². The Morgan fingerprint density at radius 2 is 1.40 bits per heavy atom. The summed E-state index contributed by atoms with van der Waals surface area (Å²) in [6, 6.07) is 7.42. The summed E-state index contributed by atoms with van der Waals surface area (Å²) < 4.78 is 29.2. The van der Waals surface area contributed by atoms with Crippen LogP contribution in [0.3, 0.4) is 0 Å². The van der Waals surface area contributed by atoms with Crippen LogP contribution in [0.15, 0.2) is 35.2 Å². The van der Waals surface area contributed by atoms with E-state index in [4.69, 9.17) is 4.55 Å². The molecular weight excluding hydrogens is 216 g/mol. The Balaban J connectivity index is 0. The molecule has 0 bridgehead atoms. The van der Waals surface area contributed by atoms with Gasteiger partial charge in [-0.2, -0.15) is 8.42 Å². The van der Waals surface area contributed by atoms with Gasteiger partial charge in [0.25, 0.3) is 10.1 Å². The quantitative estimate of drug-likeness (QED) is 0.714. The van der Waals surface area contributed by atoms with E-state index in [-0.39, 0.29) is 11.0 Å². The van der Waals surface area contributed by atoms with Crippen LogP contribution in [0.2, 0.25) is 0 Å². The monoisotopic (exact) mass is 234 g/mol. The van der Waals surface area contributed by atoms with Crippen molar-refractivity contribution in [1.82, 2.24) is 11.1 Å². The summed E-state index contributed by atoms with van der Waals surface area (Å²) in [5.41, 5.74) is 0. The van der Waals surface area contributed by atoms with Crippen molar-refractivity contribution in [3.63, 3.8) is 0 Å². The lowest BCUT2D eigenvalue weighted by molar-refractivity contribution is 0.483. The van der Waals surface area contributed by atoms with Gasteiger partial charge in [0.05, 0.1) is 4.90 Å². The molecule has 0 spiro atoms. The summed E-state index contributed by atoms with van der Waals surface area (Å²) >= 11 is 0. The minimum absolute atomic E-state index is 0. The molecule has 0 aromatic heterocycles. The predicted molar refractivity (Wildman–Crippen MR) is 60.9 cm³/mol. The van der Waals surface area contributed by atoms with E-state index < -0.39 is 10.1 Å². The van der Waals surface area contributed by atoms with Crippen LogP contribution in [-0.4, -0.2) is 39.0 Å². The van der Waals surface area contributed by atoms with Crippen molar-refractivity contribution in [2.45, 2.75) is 4.90 Å². The van der Waals surface area contributed by atoms with Crippen molar-refractivity contribution in [2.75, 3.05) is 21.1 Å². The molecule has 0 saturated carbocycles. The van der Waals surface area contributed by atoms with Gasteiger partial charge in [-0.1, -0.05) is 18.2 Å². The molecule has 1 aromatic carbocycles. The molecule has 0 amide bonds. The van der Waals surface area contributed by atoms with Gasteiger partial charge in [0.1, 0.15) is 0 Å². The van der Waals surface area contributed by atoms with Gasteiger partial charge in [-0.05, 0) is 33.3 Å². The van der Waals surface area contributed by atoms with Gasteiger partial charge in [-0.15, -0.1) is 0 Å². The van der Waals surface area contributed by atoms with E-state index in [1.807, 2.05) is 26.0 Å². The molecule has 0 aliphatic rings. The zero-order valence-corrected chi connectivity index (χ0v) is 10.0. The molecule has 0 atom stereocenters. The molecule has 0 unspecified atom stereocenters. The third-order valence-corrected chi connectivity index (χ3v) is 1.91. The van der Waals surface area contributed by atoms with Gasteiger partial charge in [-0.25, -0.2) is 0 Å². The van der Waals surface area contributed by atoms with Crippen LogP contribution in [0.5, 0.6) is 0 Å². The average molecular weight is 234 g/mol. The van der Waals surface area contributed by atoms with Crippen molar-refractivity contribution >= 4 is 10.1 Å². The zero-order valence-electron chi connectivity index (χ0n) is 9.21. The normalized spacial score (nSPS) is 9.93. The Morgan fingerprint density at radius 3 is 1.60 bits per heavy atom. The van der Waals surface area contributed by atoms with E-state index in [0.717, 1.165) is 0 Å². The maximum absolute atomic E-state index is 10.4. The number of nitrogens with zero attached hydrogens (tertiary/aromatic N) is 1. The second-order valence-corrected chi connectivity index (χ2v) is 4.55. The van der Waals surface area contributed by atoms with Crippen molar-refractivity contribution in [1.29, 1.82) is 0 Å². The van der Waals surface area contributed by atoms with Crippen LogP contribution < -0.4 is 6.15 Å². The average Bonchev–Trinajstić information content (AvgIpc) is 2.03. The fourth-order valence-corrected chi connectivity index (χ4v) is 1.09. The number of hydrogen-bond acceptors (Lipinski definition) is 4. The van der Waals surface area contributed by atoms with Crippen LogP contribution >= 0.6 is 0 Å². The molecule has 0 fully saturated rings. The van der Waals surface area contributed by atoms with E-state index >= 15 is 0 Å². The van der Waals surface area contributed by atoms with Gasteiger partial charge in [0, 0.05) is 0 Å². The molecule has 0 aliphatic heterocycles. The first-order chi connectivity index (χ1) is 6.34. The lowest BCUT2D eigenvalue weighted by Crippen LogP contribution is -1.99. The first kappa shape index (κ1) is 16.5. The van der Waals surface area contributed by atoms with E-state index in [1.54, 1.807) is 18.2 Å². The van der Waals surface area contributed by atoms with Crippen molar-refractivity contribution in [2.24, 2.45) is 0 Å². The van der Waals surface area contributed by atoms with Gasteiger partial charge in [0.15, 0.2) is 0 Å². The lowest BCUT2D eigenvalue weighted by atomic mass is 10.4. The smallest absolute Gasteiger partial charge is 0.294 e. The molecule has 4 N–H and O–H groups in total. The molecule has 0 aliphatic carbocycles. The van der Waals surface area contributed by atoms with Crippen molar-refractivity contribution < 1.29 is 13.0 Å². The Bertz CT molecular complexity index is 346. The minimum atomic E-state index is -4.00. The summed E-state index contributed by atoms with van der Waals surface area (Å²) in [4.78, 5) is 1.93. The summed E-state index contributed by atoms with van der Waals surface area (Å²) in [6.07, 6.45) is 0. The summed E-state index contributed by atoms with van der Waals surface area (Å²) in [5, 5.41) is 0. The summed E-state index contributed by atoms with van der Waals surface area (Å²) in [5.74, 6) is 0. The fraction of sp³-hybridized carbons (Fsp3) is 0.333. The van der Waals surface area contributed by atoms with Gasteiger partial charge in [0.2, 0.25) is 0 Å². The minimum Gasteiger partial charge on any atom is -0.344 e. The van der Waals surface area contributed by atoms with Gasteiger partial charge in [-0.3, -0.25) is 4.55 Å². The van der Waals surface area contributed by atoms with Crippen molar-refractivity contribution in [3.8, 4) is 0 Å². The van der Waals surface area contributed by atoms with Crippen LogP contribution in [0, 0.1) is 0 Å². The van der Waals surface area contributed by atoms with Gasteiger partial charge < -0.3 is 11.1 Å². The maximum Gasteiger partial charge on any atom is 0.294 e. The molecule has 15 heavy (non-hydrogen) atoms. The third kappa shape index (κ3) is 9.36. The predicted octanol–water partition coefficient (Wildman–Crippen LogP) is 1.27. The molecule has 0 heterocycles. The van der Waals surface area contributed by atoms with Gasteiger partial charge >= 0.3 is 0 Å². The van der Waals surface area contributed by atoms with E-state index in [1.165, 1.54) is 12.1 Å². The molecule has 0 radical (unpaired) electrons. The van der Waals surface area contributed by atoms with Crippen LogP contribution in [-0.2, 0) is 10.1 Å². The fourth-order valence-electron chi connectivity index (χ4n) is 0.592. The Kier molecular flexibility index (Phi) is 8.08. The Hall–Kier alpha value is -0.950. The summed E-state index contributed by atoms with van der Waals surface area (Å²) in [6.45, 7) is 0. The molecule has 1 aromatic rings. The highest BCUT2D eigenvalue weighted by Crippen LogP contribution is 2.05. The Labute approximate surface area is 91.1 Å². The highest BCUT2D eigenvalue weighted by molar-refractivity contribution is 7.85. The topological polar surface area (TPSA) is 92.6 Å². The number of hydrogen-bond donors (Lipinski definition) is 2. The first-order valence-corrected chi connectivity index (χ1v) is 5.41. The molecular formula is C9H18N2O3S. The maximum atomic E-state index is 10.4. The second-order valence-electron chi connectivity index (χ2n) is 3.13. The largest absolute Gasteiger partial charge is 0.344 e. The van der Waals surface area contributed by atoms with E-state index in [9.17, 15) is 8.42 Å². The van der Waals surface area contributed by atoms with E-state index in [0.29, 0.717) is 0 Å². The van der Waals surface area contributed by atoms with Crippen molar-refractivity contribution in [3.05, 3.63) is 30.3 Å². The zero-order chi connectivity index (χ0) is 11.2. The van der Waals surface area contributed by atoms with Crippen LogP contribution in [0.25, 0.3) is 0 Å². The molecule has 6 heteroatoms. The summed E-state index contributed by atoms with van der Waals surface area (Å²) in [7, 11) is 2.00. The SMILES string of the molecule is CN(C)C.N.O=S(=O)(O)c1ccccc1. The molecule has 0 saturated heterocycles. The third-order valence-electron chi connectivity index (χ3n) is 1.04. The molecule has 1 rings (SSSR count). The first-order valence-electron chi connectivity index (χ1n) is 3.97. The number of rotatable bonds is 1. The number of benzene rings is 1. The lowest BCUT2D eigenvalue weighted by Gasteiger charge is -1.92. The molecule has 88 valence electrons. The second kappa shape index (κ2) is 7.36. The molecule has 5 nitrogen and oxygen atoms in total. The van der Waals surface area contributed by atoms with Crippen LogP contribution in [0.1, 0.15) is 0 Å². The highest BCUT2D eigenvalue weighted by Gasteiger charge is 2.05.